The predicted molar refractivity (Wildman–Crippen MR) is 437 cm³/mol. The summed E-state index contributed by atoms with van der Waals surface area (Å²) in [6, 6.07) is 0. The zero-order valence-electron chi connectivity index (χ0n) is 65.4. The molecule has 0 aliphatic rings. The van der Waals surface area contributed by atoms with E-state index >= 15 is 0 Å². The Morgan fingerprint density at radius 2 is 0.474 bits per heavy atom. The largest absolute Gasteiger partial charge is 0.382 e. The maximum absolute atomic E-state index is 11.9. The van der Waals surface area contributed by atoms with Crippen LogP contribution in [-0.4, -0.2) is 156 Å². The quantitative estimate of drug-likeness (QED) is 0.0188. The second-order valence-electron chi connectivity index (χ2n) is 31.2. The van der Waals surface area contributed by atoms with E-state index in [9.17, 15) is 24.0 Å². The van der Waals surface area contributed by atoms with Gasteiger partial charge in [0.05, 0.1) is 51.0 Å². The molecule has 0 saturated heterocycles. The molecule has 0 unspecified atom stereocenters. The molecule has 0 atom stereocenters. The van der Waals surface area contributed by atoms with Crippen LogP contribution in [0.15, 0.2) is 24.0 Å². The van der Waals surface area contributed by atoms with Gasteiger partial charge in [0.15, 0.2) is 0 Å². The fourth-order valence-electron chi connectivity index (χ4n) is 12.0. The molecular weight excluding hydrogens is 1310 g/mol. The standard InChI is InChI=1S/C17H30N2OS.C16H28N2OS.2C15H26N2OS.C14H24N2OS/c1-6-10-19(11-7-2)12-8-9-18-14-13(17(3,4)5)16(21)15(14)20;1-6-10-18(7-2)11-8-9-17-13-12(16(3,4)5)15(20)14(13)19;1-6-9-17(5)10-7-8-16-12-11(15(2,3)4)14(19)13(12)18;1-6-17(7-2)10-8-9-16-12-11(15(3,4)5)14(19)13(12)18;1-6-16(5)9-7-8-15-11-10(14(2,3)4)13(18)12(11)17/h18H,6-12H2,1-5H3;17H,6-11H2,1-5H3;2*16H,6-10H2,1-5H3;15H,6-9H2,1-5H3. The fourth-order valence-corrected chi connectivity index (χ4v) is 14.5. The molecule has 20 heteroatoms. The molecule has 5 N–H and O–H groups in total. The lowest BCUT2D eigenvalue weighted by Gasteiger charge is -2.26. The van der Waals surface area contributed by atoms with Crippen LogP contribution < -0.4 is 53.7 Å². The molecule has 0 bridgehead atoms. The van der Waals surface area contributed by atoms with Crippen molar-refractivity contribution in [3.63, 3.8) is 0 Å². The summed E-state index contributed by atoms with van der Waals surface area (Å²) >= 11 is 25.8. The summed E-state index contributed by atoms with van der Waals surface area (Å²) in [6.07, 6.45) is 9.98. The second-order valence-corrected chi connectivity index (χ2v) is 33.2. The monoisotopic (exact) mass is 1440 g/mol. The molecule has 0 aromatic heterocycles. The van der Waals surface area contributed by atoms with Crippen molar-refractivity contribution in [1.29, 1.82) is 0 Å². The van der Waals surface area contributed by atoms with Crippen LogP contribution in [0.3, 0.4) is 0 Å². The van der Waals surface area contributed by atoms with Crippen molar-refractivity contribution in [2.45, 2.75) is 244 Å². The summed E-state index contributed by atoms with van der Waals surface area (Å²) in [5, 5.41) is 16.4. The van der Waals surface area contributed by atoms with Crippen LogP contribution in [0.2, 0.25) is 0 Å². The minimum Gasteiger partial charge on any atom is -0.382 e. The summed E-state index contributed by atoms with van der Waals surface area (Å²) in [7, 11) is 4.23. The van der Waals surface area contributed by atoms with Gasteiger partial charge >= 0.3 is 0 Å². The van der Waals surface area contributed by atoms with Gasteiger partial charge in [0.1, 0.15) is 0 Å². The van der Waals surface area contributed by atoms with Gasteiger partial charge in [0, 0.05) is 60.5 Å². The van der Waals surface area contributed by atoms with Crippen LogP contribution in [-0.2, 0) is 27.1 Å². The average molecular weight is 1440 g/mol. The van der Waals surface area contributed by atoms with Crippen molar-refractivity contribution in [2.24, 2.45) is 0 Å². The van der Waals surface area contributed by atoms with Gasteiger partial charge in [-0.15, -0.1) is 0 Å². The highest BCUT2D eigenvalue weighted by Gasteiger charge is 2.32. The van der Waals surface area contributed by atoms with Crippen LogP contribution in [0.5, 0.6) is 0 Å². The van der Waals surface area contributed by atoms with Crippen molar-refractivity contribution < 1.29 is 0 Å². The smallest absolute Gasteiger partial charge is 0.220 e. The first-order chi connectivity index (χ1) is 45.0. The molecule has 15 nitrogen and oxygen atoms in total. The van der Waals surface area contributed by atoms with E-state index in [0.29, 0.717) is 22.6 Å². The second kappa shape index (κ2) is 43.3. The fraction of sp³-hybridized carbons (Fsp3) is 0.740. The first kappa shape index (κ1) is 91.3. The van der Waals surface area contributed by atoms with Crippen LogP contribution in [0.25, 0.3) is 0 Å². The van der Waals surface area contributed by atoms with Gasteiger partial charge in [-0.25, -0.2) is 0 Å². The Bertz CT molecular complexity index is 3490. The molecule has 0 spiro atoms. The van der Waals surface area contributed by atoms with Gasteiger partial charge in [-0.1, -0.05) is 220 Å². The zero-order valence-corrected chi connectivity index (χ0v) is 69.5. The normalized spacial score (nSPS) is 12.3. The van der Waals surface area contributed by atoms with Crippen molar-refractivity contribution in [1.82, 2.24) is 24.5 Å². The highest BCUT2D eigenvalue weighted by Crippen LogP contribution is 2.35. The molecule has 5 aromatic carbocycles. The van der Waals surface area contributed by atoms with Crippen molar-refractivity contribution in [3.05, 3.63) is 101 Å². The molecule has 552 valence electrons. The van der Waals surface area contributed by atoms with Crippen LogP contribution in [0, 0.1) is 22.6 Å². The van der Waals surface area contributed by atoms with E-state index in [1.807, 2.05) is 0 Å². The topological polar surface area (TPSA) is 162 Å². The molecule has 0 amide bonds. The SMILES string of the molecule is CCCN(C)CCCNc1c(C(C)(C)C)c(=S)c1=O.CCCN(CC)CCCNc1c(C(C)(C)C)c(=S)c1=O.CCCN(CCC)CCCNc1c(C(C)(C)C)c(=S)c1=O.CCN(C)CCCNc1c(C(C)(C)C)c(=S)c1=O.CCN(CC)CCCNc1c(C(C)(C)C)c(=S)c1=O. The maximum Gasteiger partial charge on any atom is 0.220 e. The van der Waals surface area contributed by atoms with E-state index < -0.39 is 0 Å². The maximum atomic E-state index is 11.9. The number of hydrogen-bond donors (Lipinski definition) is 5. The van der Waals surface area contributed by atoms with Crippen LogP contribution in [0.1, 0.15) is 245 Å². The van der Waals surface area contributed by atoms with Crippen molar-refractivity contribution >= 4 is 89.5 Å². The highest BCUT2D eigenvalue weighted by atomic mass is 32.1. The average Bonchev–Trinajstić information content (AvgIpc) is 0.797. The first-order valence-corrected chi connectivity index (χ1v) is 38.5. The number of anilines is 5. The third kappa shape index (κ3) is 28.9. The Morgan fingerprint density at radius 1 is 0.268 bits per heavy atom. The van der Waals surface area contributed by atoms with E-state index in [4.69, 9.17) is 61.1 Å². The lowest BCUT2D eigenvalue weighted by atomic mass is 9.83. The van der Waals surface area contributed by atoms with E-state index in [-0.39, 0.29) is 54.2 Å². The predicted octanol–water partition coefficient (Wildman–Crippen LogP) is 16.2. The van der Waals surface area contributed by atoms with Crippen molar-refractivity contribution in [2.75, 3.05) is 158 Å². The van der Waals surface area contributed by atoms with E-state index in [2.05, 4.69) is 224 Å². The molecule has 5 rings (SSSR count). The third-order valence-corrected chi connectivity index (χ3v) is 19.3. The number of hydrogen-bond acceptors (Lipinski definition) is 20. The Hall–Kier alpha value is -3.70. The molecule has 5 aromatic rings. The van der Waals surface area contributed by atoms with Gasteiger partial charge in [0.2, 0.25) is 27.1 Å². The molecule has 97 heavy (non-hydrogen) atoms. The van der Waals surface area contributed by atoms with Gasteiger partial charge in [-0.2, -0.15) is 0 Å². The highest BCUT2D eigenvalue weighted by molar-refractivity contribution is 7.72. The Morgan fingerprint density at radius 3 is 0.691 bits per heavy atom. The molecule has 0 saturated carbocycles. The Kier molecular flexibility index (Phi) is 40.8. The van der Waals surface area contributed by atoms with Gasteiger partial charge in [-0.3, -0.25) is 24.0 Å². The number of nitrogens with one attached hydrogen (secondary N) is 5. The van der Waals surface area contributed by atoms with Crippen LogP contribution >= 0.6 is 61.1 Å². The van der Waals surface area contributed by atoms with E-state index in [0.717, 1.165) is 206 Å². The summed E-state index contributed by atoms with van der Waals surface area (Å²) in [4.78, 5) is 70.9. The van der Waals surface area contributed by atoms with Crippen molar-refractivity contribution in [3.8, 4) is 0 Å². The first-order valence-electron chi connectivity index (χ1n) is 36.5. The summed E-state index contributed by atoms with van der Waals surface area (Å²) in [6.45, 7) is 67.3. The number of nitrogens with zero attached hydrogens (tertiary/aromatic N) is 5. The molecule has 0 aliphatic heterocycles. The molecule has 0 radical (unpaired) electrons. The minimum absolute atomic E-state index is 0.0128. The summed E-state index contributed by atoms with van der Waals surface area (Å²) in [5.41, 5.74) is 8.70. The lowest BCUT2D eigenvalue weighted by molar-refractivity contribution is 0.274. The van der Waals surface area contributed by atoms with E-state index in [1.165, 1.54) is 25.7 Å². The molecule has 0 fully saturated rings. The summed E-state index contributed by atoms with van der Waals surface area (Å²) in [5.74, 6) is 0. The van der Waals surface area contributed by atoms with Crippen LogP contribution in [0.4, 0.5) is 28.4 Å². The Labute approximate surface area is 614 Å². The molecule has 0 heterocycles. The molecule has 0 aliphatic carbocycles. The minimum atomic E-state index is -0.0518. The van der Waals surface area contributed by atoms with Gasteiger partial charge in [0.25, 0.3) is 0 Å². The van der Waals surface area contributed by atoms with E-state index in [1.54, 1.807) is 0 Å². The molecular formula is C77H134N10O5S5. The Balaban J connectivity index is 0.000000607. The number of rotatable bonds is 37. The summed E-state index contributed by atoms with van der Waals surface area (Å²) < 4.78 is 2.57. The van der Waals surface area contributed by atoms with Gasteiger partial charge in [-0.05, 0) is 184 Å². The van der Waals surface area contributed by atoms with Gasteiger partial charge < -0.3 is 51.1 Å². The third-order valence-electron chi connectivity index (χ3n) is 17.3. The lowest BCUT2D eigenvalue weighted by Crippen LogP contribution is -2.31. The zero-order chi connectivity index (χ0) is 74.6.